The molecular weight excluding hydrogens is 269 g/mol. The lowest BCUT2D eigenvalue weighted by molar-refractivity contribution is -0.138. The van der Waals surface area contributed by atoms with Crippen molar-refractivity contribution in [2.75, 3.05) is 0 Å². The van der Waals surface area contributed by atoms with Gasteiger partial charge in [-0.1, -0.05) is 19.1 Å². The molecule has 0 spiro atoms. The van der Waals surface area contributed by atoms with Gasteiger partial charge in [0.2, 0.25) is 0 Å². The maximum Gasteiger partial charge on any atom is 0.416 e. The van der Waals surface area contributed by atoms with Crippen LogP contribution in [0.1, 0.15) is 49.8 Å². The first-order valence-electron chi connectivity index (χ1n) is 6.80. The van der Waals surface area contributed by atoms with Gasteiger partial charge in [-0.3, -0.25) is 0 Å². The number of rotatable bonds is 2. The summed E-state index contributed by atoms with van der Waals surface area (Å²) in [7, 11) is 0. The first-order valence-corrected chi connectivity index (χ1v) is 6.80. The van der Waals surface area contributed by atoms with Crippen LogP contribution in [0.5, 0.6) is 0 Å². The third-order valence-electron chi connectivity index (χ3n) is 4.18. The summed E-state index contributed by atoms with van der Waals surface area (Å²) in [4.78, 5) is 0. The predicted molar refractivity (Wildman–Crippen MR) is 69.0 cm³/mol. The lowest BCUT2D eigenvalue weighted by Gasteiger charge is -2.38. The molecule has 0 radical (unpaired) electrons. The molecule has 0 aliphatic heterocycles. The van der Waals surface area contributed by atoms with Crippen LogP contribution < -0.4 is 0 Å². The zero-order valence-corrected chi connectivity index (χ0v) is 11.3. The number of hydrogen-bond donors (Lipinski definition) is 2. The highest BCUT2D eigenvalue weighted by molar-refractivity contribution is 5.28. The highest BCUT2D eigenvalue weighted by atomic mass is 19.4. The quantitative estimate of drug-likeness (QED) is 0.871. The van der Waals surface area contributed by atoms with Gasteiger partial charge < -0.3 is 10.2 Å². The topological polar surface area (TPSA) is 40.5 Å². The Labute approximate surface area is 116 Å². The molecule has 20 heavy (non-hydrogen) atoms. The van der Waals surface area contributed by atoms with Gasteiger partial charge in [0.05, 0.1) is 11.2 Å². The molecule has 1 unspecified atom stereocenters. The molecule has 0 amide bonds. The second-order valence-corrected chi connectivity index (χ2v) is 5.81. The Morgan fingerprint density at radius 2 is 1.85 bits per heavy atom. The third-order valence-corrected chi connectivity index (χ3v) is 4.18. The zero-order valence-electron chi connectivity index (χ0n) is 11.3. The fourth-order valence-corrected chi connectivity index (χ4v) is 2.73. The van der Waals surface area contributed by atoms with E-state index in [0.29, 0.717) is 18.8 Å². The van der Waals surface area contributed by atoms with E-state index in [4.69, 9.17) is 0 Å². The Bertz CT molecular complexity index is 462. The Hall–Kier alpha value is -1.07. The molecule has 1 aliphatic carbocycles. The first-order chi connectivity index (χ1) is 9.22. The summed E-state index contributed by atoms with van der Waals surface area (Å²) in [5.74, 6) is 0.476. The van der Waals surface area contributed by atoms with Crippen LogP contribution in [0, 0.1) is 5.92 Å². The number of aliphatic hydroxyl groups is 2. The molecule has 112 valence electrons. The van der Waals surface area contributed by atoms with E-state index < -0.39 is 23.4 Å². The van der Waals surface area contributed by atoms with E-state index in [1.165, 1.54) is 12.1 Å². The van der Waals surface area contributed by atoms with Crippen LogP contribution in [-0.2, 0) is 6.18 Å². The summed E-state index contributed by atoms with van der Waals surface area (Å²) >= 11 is 0. The summed E-state index contributed by atoms with van der Waals surface area (Å²) in [6.45, 7) is 2.07. The normalized spacial score (nSPS) is 29.2. The smallest absolute Gasteiger partial charge is 0.387 e. The Kier molecular flexibility index (Phi) is 4.12. The van der Waals surface area contributed by atoms with E-state index >= 15 is 0 Å². The highest BCUT2D eigenvalue weighted by Crippen LogP contribution is 2.41. The van der Waals surface area contributed by atoms with Gasteiger partial charge in [-0.2, -0.15) is 13.2 Å². The molecule has 2 rings (SSSR count). The zero-order chi connectivity index (χ0) is 15.0. The number of halogens is 3. The summed E-state index contributed by atoms with van der Waals surface area (Å²) in [5, 5.41) is 20.7. The number of aliphatic hydroxyl groups excluding tert-OH is 1. The minimum absolute atomic E-state index is 0.122. The fourth-order valence-electron chi connectivity index (χ4n) is 2.73. The van der Waals surface area contributed by atoms with Crippen LogP contribution in [0.15, 0.2) is 24.3 Å². The highest BCUT2D eigenvalue weighted by Gasteiger charge is 2.40. The van der Waals surface area contributed by atoms with E-state index in [0.717, 1.165) is 25.0 Å². The molecule has 0 heterocycles. The average Bonchev–Trinajstić information content (AvgIpc) is 2.41. The van der Waals surface area contributed by atoms with Crippen molar-refractivity contribution in [3.05, 3.63) is 35.4 Å². The molecule has 1 saturated carbocycles. The maximum absolute atomic E-state index is 12.7. The summed E-state index contributed by atoms with van der Waals surface area (Å²) in [6, 6.07) is 4.57. The van der Waals surface area contributed by atoms with Crippen molar-refractivity contribution in [2.24, 2.45) is 5.92 Å². The number of benzene rings is 1. The van der Waals surface area contributed by atoms with Crippen molar-refractivity contribution in [1.82, 2.24) is 0 Å². The number of hydrogen-bond acceptors (Lipinski definition) is 2. The molecule has 2 nitrogen and oxygen atoms in total. The molecule has 1 atom stereocenters. The Morgan fingerprint density at radius 3 is 2.40 bits per heavy atom. The van der Waals surface area contributed by atoms with Crippen LogP contribution in [0.3, 0.4) is 0 Å². The van der Waals surface area contributed by atoms with Crippen molar-refractivity contribution in [3.63, 3.8) is 0 Å². The Morgan fingerprint density at radius 1 is 1.25 bits per heavy atom. The minimum atomic E-state index is -4.45. The predicted octanol–water partition coefficient (Wildman–Crippen LogP) is 3.68. The molecule has 0 aromatic heterocycles. The SMILES string of the molecule is CC1CCC(O)(C(O)c2cccc(C(F)(F)F)c2)CC1. The van der Waals surface area contributed by atoms with Gasteiger partial charge in [0.15, 0.2) is 0 Å². The second-order valence-electron chi connectivity index (χ2n) is 5.81. The summed E-state index contributed by atoms with van der Waals surface area (Å²) in [5.41, 5.74) is -2.00. The fraction of sp³-hybridized carbons (Fsp3) is 0.600. The second kappa shape index (κ2) is 5.37. The van der Waals surface area contributed by atoms with E-state index in [1.807, 2.05) is 0 Å². The van der Waals surface area contributed by atoms with E-state index in [2.05, 4.69) is 6.92 Å². The van der Waals surface area contributed by atoms with Gasteiger partial charge in [0.1, 0.15) is 6.10 Å². The lowest BCUT2D eigenvalue weighted by Crippen LogP contribution is -2.40. The van der Waals surface area contributed by atoms with Crippen molar-refractivity contribution >= 4 is 0 Å². The Balaban J connectivity index is 2.23. The van der Waals surface area contributed by atoms with Gasteiger partial charge in [-0.15, -0.1) is 0 Å². The molecule has 1 aromatic rings. The van der Waals surface area contributed by atoms with E-state index in [-0.39, 0.29) is 5.56 Å². The monoisotopic (exact) mass is 288 g/mol. The summed E-state index contributed by atoms with van der Waals surface area (Å²) < 4.78 is 38.0. The molecule has 1 aliphatic rings. The van der Waals surface area contributed by atoms with E-state index in [1.54, 1.807) is 0 Å². The maximum atomic E-state index is 12.7. The first kappa shape index (κ1) is 15.3. The van der Waals surface area contributed by atoms with Gasteiger partial charge in [-0.05, 0) is 49.3 Å². The van der Waals surface area contributed by atoms with Crippen LogP contribution in [0.4, 0.5) is 13.2 Å². The van der Waals surface area contributed by atoms with Crippen molar-refractivity contribution in [3.8, 4) is 0 Å². The van der Waals surface area contributed by atoms with Crippen LogP contribution in [-0.4, -0.2) is 15.8 Å². The third kappa shape index (κ3) is 3.15. The molecule has 0 saturated heterocycles. The molecule has 1 aromatic carbocycles. The van der Waals surface area contributed by atoms with Gasteiger partial charge in [0, 0.05) is 0 Å². The lowest BCUT2D eigenvalue weighted by atomic mass is 9.75. The van der Waals surface area contributed by atoms with Crippen molar-refractivity contribution in [2.45, 2.75) is 50.5 Å². The van der Waals surface area contributed by atoms with Crippen LogP contribution >= 0.6 is 0 Å². The van der Waals surface area contributed by atoms with E-state index in [9.17, 15) is 23.4 Å². The van der Waals surface area contributed by atoms with Crippen LogP contribution in [0.2, 0.25) is 0 Å². The molecule has 1 fully saturated rings. The average molecular weight is 288 g/mol. The van der Waals surface area contributed by atoms with Crippen molar-refractivity contribution < 1.29 is 23.4 Å². The minimum Gasteiger partial charge on any atom is -0.387 e. The molecule has 0 bridgehead atoms. The standard InChI is InChI=1S/C15H19F3O2/c1-10-5-7-14(20,8-6-10)13(19)11-3-2-4-12(9-11)15(16,17)18/h2-4,9-10,13,19-20H,5-8H2,1H3. The van der Waals surface area contributed by atoms with Crippen molar-refractivity contribution in [1.29, 1.82) is 0 Å². The summed E-state index contributed by atoms with van der Waals surface area (Å²) in [6.07, 6.45) is -3.37. The molecule has 2 N–H and O–H groups in total. The molecular formula is C15H19F3O2. The van der Waals surface area contributed by atoms with Gasteiger partial charge in [-0.25, -0.2) is 0 Å². The largest absolute Gasteiger partial charge is 0.416 e. The van der Waals surface area contributed by atoms with Gasteiger partial charge >= 0.3 is 6.18 Å². The van der Waals surface area contributed by atoms with Crippen LogP contribution in [0.25, 0.3) is 0 Å². The van der Waals surface area contributed by atoms with Gasteiger partial charge in [0.25, 0.3) is 0 Å². The molecule has 5 heteroatoms. The number of alkyl halides is 3.